The van der Waals surface area contributed by atoms with Gasteiger partial charge in [0.25, 0.3) is 5.91 Å². The highest BCUT2D eigenvalue weighted by molar-refractivity contribution is 5.95. The molecule has 0 aromatic heterocycles. The number of amides is 1. The van der Waals surface area contributed by atoms with Gasteiger partial charge in [0.15, 0.2) is 11.5 Å². The van der Waals surface area contributed by atoms with Gasteiger partial charge < -0.3 is 14.6 Å². The molecule has 154 valence electrons. The number of hydrazone groups is 1. The molecule has 0 unspecified atom stereocenters. The lowest BCUT2D eigenvalue weighted by atomic mass is 10.2. The van der Waals surface area contributed by atoms with Crippen LogP contribution in [0.4, 0.5) is 0 Å². The van der Waals surface area contributed by atoms with Crippen molar-refractivity contribution in [2.75, 3.05) is 6.61 Å². The first-order chi connectivity index (χ1) is 14.5. The van der Waals surface area contributed by atoms with Crippen LogP contribution in [0.2, 0.25) is 0 Å². The van der Waals surface area contributed by atoms with Gasteiger partial charge in [0.1, 0.15) is 12.4 Å². The zero-order chi connectivity index (χ0) is 21.3. The fourth-order valence-corrected chi connectivity index (χ4v) is 2.68. The van der Waals surface area contributed by atoms with Crippen molar-refractivity contribution in [2.24, 2.45) is 5.10 Å². The number of phenolic OH excluding ortho intramolecular Hbond substituents is 1. The van der Waals surface area contributed by atoms with E-state index in [4.69, 9.17) is 9.47 Å². The fraction of sp³-hybridized carbons (Fsp3) is 0.167. The lowest BCUT2D eigenvalue weighted by Gasteiger charge is -2.12. The van der Waals surface area contributed by atoms with Crippen LogP contribution in [-0.4, -0.2) is 23.8 Å². The van der Waals surface area contributed by atoms with Crippen LogP contribution in [0.5, 0.6) is 17.2 Å². The Balaban J connectivity index is 1.64. The van der Waals surface area contributed by atoms with Gasteiger partial charge in [0.05, 0.1) is 12.8 Å². The second-order valence-electron chi connectivity index (χ2n) is 6.66. The van der Waals surface area contributed by atoms with E-state index in [9.17, 15) is 9.90 Å². The molecule has 3 aromatic carbocycles. The first kappa shape index (κ1) is 20.9. The van der Waals surface area contributed by atoms with Crippen LogP contribution in [0.15, 0.2) is 71.8 Å². The maximum absolute atomic E-state index is 12.1. The first-order valence-electron chi connectivity index (χ1n) is 9.63. The Hall–Kier alpha value is -3.80. The predicted octanol–water partition coefficient (Wildman–Crippen LogP) is 4.44. The monoisotopic (exact) mass is 404 g/mol. The maximum atomic E-state index is 12.1. The van der Waals surface area contributed by atoms with Crippen LogP contribution in [0.1, 0.15) is 34.0 Å². The van der Waals surface area contributed by atoms with E-state index in [1.54, 1.807) is 0 Å². The Morgan fingerprint density at radius 2 is 1.73 bits per heavy atom. The van der Waals surface area contributed by atoms with Gasteiger partial charge in [-0.2, -0.15) is 5.10 Å². The summed E-state index contributed by atoms with van der Waals surface area (Å²) < 4.78 is 11.6. The van der Waals surface area contributed by atoms with E-state index in [0.29, 0.717) is 30.3 Å². The number of aryl methyl sites for hydroxylation is 1. The minimum Gasteiger partial charge on any atom is -0.508 e. The number of nitrogens with one attached hydrogen (secondary N) is 1. The first-order valence-corrected chi connectivity index (χ1v) is 9.63. The molecule has 0 aliphatic rings. The zero-order valence-electron chi connectivity index (χ0n) is 17.0. The molecule has 0 saturated carbocycles. The average molecular weight is 404 g/mol. The van der Waals surface area contributed by atoms with E-state index in [1.807, 2.05) is 56.3 Å². The fourth-order valence-electron chi connectivity index (χ4n) is 2.68. The molecule has 3 aromatic rings. The van der Waals surface area contributed by atoms with Crippen molar-refractivity contribution in [1.82, 2.24) is 5.43 Å². The second kappa shape index (κ2) is 10.1. The molecule has 2 N–H and O–H groups in total. The molecule has 1 amide bonds. The van der Waals surface area contributed by atoms with Gasteiger partial charge in [-0.25, -0.2) is 5.43 Å². The van der Waals surface area contributed by atoms with Crippen LogP contribution < -0.4 is 14.9 Å². The van der Waals surface area contributed by atoms with Crippen LogP contribution in [0, 0.1) is 6.92 Å². The smallest absolute Gasteiger partial charge is 0.271 e. The Kier molecular flexibility index (Phi) is 7.05. The van der Waals surface area contributed by atoms with Crippen molar-refractivity contribution in [3.05, 3.63) is 89.0 Å². The van der Waals surface area contributed by atoms with Crippen LogP contribution >= 0.6 is 0 Å². The second-order valence-corrected chi connectivity index (χ2v) is 6.66. The largest absolute Gasteiger partial charge is 0.508 e. The number of hydrogen-bond donors (Lipinski definition) is 2. The third-order valence-corrected chi connectivity index (χ3v) is 4.29. The summed E-state index contributed by atoms with van der Waals surface area (Å²) in [6, 6.07) is 19.6. The Morgan fingerprint density at radius 1 is 1.00 bits per heavy atom. The quantitative estimate of drug-likeness (QED) is 0.430. The number of benzene rings is 3. The van der Waals surface area contributed by atoms with E-state index >= 15 is 0 Å². The topological polar surface area (TPSA) is 80.2 Å². The van der Waals surface area contributed by atoms with E-state index in [1.165, 1.54) is 36.0 Å². The molecule has 30 heavy (non-hydrogen) atoms. The molecule has 0 fully saturated rings. The molecule has 6 nitrogen and oxygen atoms in total. The number of rotatable bonds is 8. The number of hydrogen-bond acceptors (Lipinski definition) is 5. The molecule has 0 heterocycles. The number of ether oxygens (including phenoxy) is 2. The van der Waals surface area contributed by atoms with Gasteiger partial charge in [-0.1, -0.05) is 29.8 Å². The van der Waals surface area contributed by atoms with E-state index in [-0.39, 0.29) is 11.7 Å². The lowest BCUT2D eigenvalue weighted by molar-refractivity contribution is 0.0955. The normalized spacial score (nSPS) is 10.7. The van der Waals surface area contributed by atoms with Gasteiger partial charge in [0.2, 0.25) is 0 Å². The van der Waals surface area contributed by atoms with Crippen molar-refractivity contribution >= 4 is 12.1 Å². The molecule has 0 aliphatic heterocycles. The van der Waals surface area contributed by atoms with Crippen molar-refractivity contribution in [3.8, 4) is 17.2 Å². The standard InChI is InChI=1S/C24H24N2O4/c1-3-29-23-14-19(15-25-26-24(28)20-9-11-21(27)12-10-20)8-13-22(23)30-16-18-6-4-17(2)5-7-18/h4-15,27H,3,16H2,1-2H3,(H,26,28)/b25-15+. The molecule has 0 saturated heterocycles. The third kappa shape index (κ3) is 5.85. The summed E-state index contributed by atoms with van der Waals surface area (Å²) in [7, 11) is 0. The Morgan fingerprint density at radius 3 is 2.43 bits per heavy atom. The number of nitrogens with zero attached hydrogens (tertiary/aromatic N) is 1. The molecular weight excluding hydrogens is 380 g/mol. The number of phenols is 1. The number of aromatic hydroxyl groups is 1. The molecule has 0 spiro atoms. The Labute approximate surface area is 175 Å². The van der Waals surface area contributed by atoms with Crippen LogP contribution in [-0.2, 0) is 6.61 Å². The maximum Gasteiger partial charge on any atom is 0.271 e. The van der Waals surface area contributed by atoms with E-state index < -0.39 is 0 Å². The highest BCUT2D eigenvalue weighted by atomic mass is 16.5. The van der Waals surface area contributed by atoms with Gasteiger partial charge in [-0.05, 0) is 67.4 Å². The SMILES string of the molecule is CCOc1cc(/C=N/NC(=O)c2ccc(O)cc2)ccc1OCc1ccc(C)cc1. The highest BCUT2D eigenvalue weighted by Crippen LogP contribution is 2.29. The van der Waals surface area contributed by atoms with E-state index in [2.05, 4.69) is 10.5 Å². The average Bonchev–Trinajstić information content (AvgIpc) is 2.75. The van der Waals surface area contributed by atoms with Crippen LogP contribution in [0.25, 0.3) is 0 Å². The highest BCUT2D eigenvalue weighted by Gasteiger charge is 2.07. The molecule has 0 radical (unpaired) electrons. The van der Waals surface area contributed by atoms with Crippen molar-refractivity contribution in [2.45, 2.75) is 20.5 Å². The predicted molar refractivity (Wildman–Crippen MR) is 116 cm³/mol. The van der Waals surface area contributed by atoms with Gasteiger partial charge in [0, 0.05) is 5.56 Å². The molecule has 6 heteroatoms. The van der Waals surface area contributed by atoms with Gasteiger partial charge in [-0.15, -0.1) is 0 Å². The molecule has 0 bridgehead atoms. The summed E-state index contributed by atoms with van der Waals surface area (Å²) in [5.74, 6) is 0.985. The summed E-state index contributed by atoms with van der Waals surface area (Å²) in [4.78, 5) is 12.1. The third-order valence-electron chi connectivity index (χ3n) is 4.29. The number of carbonyl (C=O) groups excluding carboxylic acids is 1. The van der Waals surface area contributed by atoms with Crippen molar-refractivity contribution in [1.29, 1.82) is 0 Å². The molecule has 0 aliphatic carbocycles. The summed E-state index contributed by atoms with van der Waals surface area (Å²) in [6.07, 6.45) is 1.53. The minimum atomic E-state index is -0.366. The molecule has 3 rings (SSSR count). The minimum absolute atomic E-state index is 0.100. The zero-order valence-corrected chi connectivity index (χ0v) is 17.0. The van der Waals surface area contributed by atoms with E-state index in [0.717, 1.165) is 11.1 Å². The van der Waals surface area contributed by atoms with Gasteiger partial charge in [-0.3, -0.25) is 4.79 Å². The lowest BCUT2D eigenvalue weighted by Crippen LogP contribution is -2.17. The summed E-state index contributed by atoms with van der Waals surface area (Å²) in [6.45, 7) is 4.89. The Bertz CT molecular complexity index is 1010. The van der Waals surface area contributed by atoms with Crippen molar-refractivity contribution < 1.29 is 19.4 Å². The van der Waals surface area contributed by atoms with Crippen molar-refractivity contribution in [3.63, 3.8) is 0 Å². The van der Waals surface area contributed by atoms with Crippen LogP contribution in [0.3, 0.4) is 0 Å². The summed E-state index contributed by atoms with van der Waals surface area (Å²) in [5.41, 5.74) is 5.90. The molecule has 0 atom stereocenters. The summed E-state index contributed by atoms with van der Waals surface area (Å²) in [5, 5.41) is 13.3. The summed E-state index contributed by atoms with van der Waals surface area (Å²) >= 11 is 0. The molecular formula is C24H24N2O4. The number of carbonyl (C=O) groups is 1. The van der Waals surface area contributed by atoms with Gasteiger partial charge >= 0.3 is 0 Å².